The normalized spacial score (nSPS) is 13.9. The van der Waals surface area contributed by atoms with Gasteiger partial charge in [-0.15, -0.1) is 0 Å². The fourth-order valence-corrected chi connectivity index (χ4v) is 2.40. The molecule has 1 aromatic carbocycles. The van der Waals surface area contributed by atoms with E-state index < -0.39 is 24.0 Å². The van der Waals surface area contributed by atoms with Crippen LogP contribution in [0.15, 0.2) is 18.2 Å². The molecule has 0 saturated carbocycles. The summed E-state index contributed by atoms with van der Waals surface area (Å²) in [6.07, 6.45) is 1.51. The van der Waals surface area contributed by atoms with Gasteiger partial charge >= 0.3 is 12.0 Å². The highest BCUT2D eigenvalue weighted by Crippen LogP contribution is 2.40. The third-order valence-electron chi connectivity index (χ3n) is 3.62. The molecule has 0 bridgehead atoms. The average Bonchev–Trinajstić information content (AvgIpc) is 2.62. The molecular weight excluding hydrogens is 356 g/mol. The zero-order chi connectivity index (χ0) is 20.0. The van der Waals surface area contributed by atoms with Crippen molar-refractivity contribution < 1.29 is 33.3 Å². The molecule has 27 heavy (non-hydrogen) atoms. The van der Waals surface area contributed by atoms with Crippen molar-refractivity contribution in [3.05, 3.63) is 23.8 Å². The monoisotopic (exact) mass is 378 g/mol. The molecule has 0 aliphatic carbocycles. The number of benzene rings is 1. The molecule has 9 nitrogen and oxygen atoms in total. The zero-order valence-corrected chi connectivity index (χ0v) is 15.3. The maximum atomic E-state index is 12.1. The number of carbonyl (C=O) groups is 3. The highest BCUT2D eigenvalue weighted by Gasteiger charge is 2.26. The molecule has 146 valence electrons. The van der Waals surface area contributed by atoms with Crippen LogP contribution >= 0.6 is 0 Å². The van der Waals surface area contributed by atoms with Crippen LogP contribution in [-0.4, -0.2) is 44.3 Å². The summed E-state index contributed by atoms with van der Waals surface area (Å²) in [5.41, 5.74) is 5.54. The summed E-state index contributed by atoms with van der Waals surface area (Å²) in [6.45, 7) is 4.19. The van der Waals surface area contributed by atoms with Gasteiger partial charge in [-0.3, -0.25) is 10.1 Å². The largest absolute Gasteiger partial charge is 0.493 e. The molecule has 3 amide bonds. The van der Waals surface area contributed by atoms with Crippen LogP contribution < -0.4 is 25.3 Å². The minimum Gasteiger partial charge on any atom is -0.493 e. The van der Waals surface area contributed by atoms with Crippen LogP contribution in [0.3, 0.4) is 0 Å². The van der Waals surface area contributed by atoms with Crippen LogP contribution in [0.4, 0.5) is 4.79 Å². The van der Waals surface area contributed by atoms with Crippen molar-refractivity contribution in [2.24, 2.45) is 11.7 Å². The second kappa shape index (κ2) is 8.93. The van der Waals surface area contributed by atoms with Crippen molar-refractivity contribution in [3.8, 4) is 17.2 Å². The number of imide groups is 1. The highest BCUT2D eigenvalue weighted by atomic mass is 16.6. The Bertz CT molecular complexity index is 741. The number of hydrogen-bond donors (Lipinski definition) is 2. The van der Waals surface area contributed by atoms with E-state index in [0.29, 0.717) is 36.0 Å². The molecule has 0 unspecified atom stereocenters. The van der Waals surface area contributed by atoms with Crippen molar-refractivity contribution in [3.63, 3.8) is 0 Å². The third kappa shape index (κ3) is 5.37. The Hall–Kier alpha value is -3.23. The minimum absolute atomic E-state index is 0.351. The molecule has 0 spiro atoms. The van der Waals surface area contributed by atoms with E-state index in [2.05, 4.69) is 0 Å². The molecule has 0 aromatic heterocycles. The van der Waals surface area contributed by atoms with Crippen LogP contribution in [0.25, 0.3) is 6.08 Å². The molecule has 2 rings (SSSR count). The van der Waals surface area contributed by atoms with Crippen LogP contribution in [0.1, 0.15) is 19.4 Å². The number of methoxy groups -OCH3 is 1. The van der Waals surface area contributed by atoms with Crippen molar-refractivity contribution in [1.29, 1.82) is 0 Å². The van der Waals surface area contributed by atoms with Crippen molar-refractivity contribution >= 4 is 24.0 Å². The van der Waals surface area contributed by atoms with E-state index in [1.165, 1.54) is 13.2 Å². The second-order valence-corrected chi connectivity index (χ2v) is 6.04. The number of fused-ring (bicyclic) bond motifs is 1. The highest BCUT2D eigenvalue weighted by molar-refractivity contribution is 5.97. The van der Waals surface area contributed by atoms with Gasteiger partial charge in [-0.25, -0.2) is 9.59 Å². The van der Waals surface area contributed by atoms with Gasteiger partial charge in [0.15, 0.2) is 17.6 Å². The smallest absolute Gasteiger partial charge is 0.331 e. The molecule has 0 radical (unpaired) electrons. The van der Waals surface area contributed by atoms with E-state index in [-0.39, 0.29) is 5.92 Å². The van der Waals surface area contributed by atoms with Crippen molar-refractivity contribution in [1.82, 2.24) is 5.32 Å². The maximum absolute atomic E-state index is 12.1. The molecule has 1 atom stereocenters. The first-order chi connectivity index (χ1) is 12.8. The Kier molecular flexibility index (Phi) is 6.64. The standard InChI is InChI=1S/C18H22N2O7/c1-10(2)15(17(22)20-18(19)23)27-14(21)5-4-11-8-12(24-3)16-13(9-11)25-6-7-26-16/h4-5,8-10,15H,6-7H2,1-3H3,(H3,19,20,22,23)/b5-4+/t15-/m1/s1. The lowest BCUT2D eigenvalue weighted by molar-refractivity contribution is -0.153. The number of esters is 1. The summed E-state index contributed by atoms with van der Waals surface area (Å²) in [7, 11) is 1.50. The number of nitrogens with two attached hydrogens (primary N) is 1. The zero-order valence-electron chi connectivity index (χ0n) is 15.3. The van der Waals surface area contributed by atoms with Gasteiger partial charge in [0.05, 0.1) is 7.11 Å². The summed E-state index contributed by atoms with van der Waals surface area (Å²) >= 11 is 0. The van der Waals surface area contributed by atoms with E-state index in [4.69, 9.17) is 24.7 Å². The van der Waals surface area contributed by atoms with Crippen LogP contribution in [0, 0.1) is 5.92 Å². The summed E-state index contributed by atoms with van der Waals surface area (Å²) < 4.78 is 21.4. The number of hydrogen-bond acceptors (Lipinski definition) is 7. The first kappa shape index (κ1) is 20.1. The Balaban J connectivity index is 2.11. The van der Waals surface area contributed by atoms with Gasteiger partial charge in [0.1, 0.15) is 13.2 Å². The number of ether oxygens (including phenoxy) is 4. The molecule has 1 aliphatic rings. The summed E-state index contributed by atoms with van der Waals surface area (Å²) in [5.74, 6) is -0.388. The van der Waals surface area contributed by atoms with Crippen molar-refractivity contribution in [2.45, 2.75) is 20.0 Å². The minimum atomic E-state index is -1.15. The summed E-state index contributed by atoms with van der Waals surface area (Å²) in [6, 6.07) is 2.36. The number of carbonyl (C=O) groups excluding carboxylic acids is 3. The topological polar surface area (TPSA) is 126 Å². The van der Waals surface area contributed by atoms with Gasteiger partial charge < -0.3 is 24.7 Å². The molecule has 9 heteroatoms. The second-order valence-electron chi connectivity index (χ2n) is 6.04. The third-order valence-corrected chi connectivity index (χ3v) is 3.62. The van der Waals surface area contributed by atoms with E-state index >= 15 is 0 Å². The van der Waals surface area contributed by atoms with Crippen LogP contribution in [0.5, 0.6) is 17.2 Å². The quantitative estimate of drug-likeness (QED) is 0.563. The van der Waals surface area contributed by atoms with Gasteiger partial charge in [0.2, 0.25) is 5.75 Å². The number of nitrogens with one attached hydrogen (secondary N) is 1. The molecule has 0 fully saturated rings. The van der Waals surface area contributed by atoms with Gasteiger partial charge in [0, 0.05) is 6.08 Å². The molecule has 1 heterocycles. The first-order valence-corrected chi connectivity index (χ1v) is 8.28. The van der Waals surface area contributed by atoms with Crippen molar-refractivity contribution in [2.75, 3.05) is 20.3 Å². The Morgan fingerprint density at radius 2 is 1.93 bits per heavy atom. The molecule has 0 saturated heterocycles. The SMILES string of the molecule is COc1cc(/C=C/C(=O)O[C@@H](C(=O)NC(N)=O)C(C)C)cc2c1OCCO2. The van der Waals surface area contributed by atoms with Gasteiger partial charge in [0.25, 0.3) is 5.91 Å². The summed E-state index contributed by atoms with van der Waals surface area (Å²) in [5, 5.41) is 1.90. The maximum Gasteiger partial charge on any atom is 0.331 e. The van der Waals surface area contributed by atoms with E-state index in [1.54, 1.807) is 26.0 Å². The van der Waals surface area contributed by atoms with E-state index in [1.807, 2.05) is 5.32 Å². The average molecular weight is 378 g/mol. The molecule has 1 aromatic rings. The predicted octanol–water partition coefficient (Wildman–Crippen LogP) is 1.24. The lowest BCUT2D eigenvalue weighted by Crippen LogP contribution is -2.45. The lowest BCUT2D eigenvalue weighted by atomic mass is 10.1. The number of amides is 3. The lowest BCUT2D eigenvalue weighted by Gasteiger charge is -2.21. The molecular formula is C18H22N2O7. The van der Waals surface area contributed by atoms with Crippen LogP contribution in [0.2, 0.25) is 0 Å². The number of urea groups is 1. The van der Waals surface area contributed by atoms with Gasteiger partial charge in [-0.2, -0.15) is 0 Å². The first-order valence-electron chi connectivity index (χ1n) is 8.28. The van der Waals surface area contributed by atoms with E-state index in [9.17, 15) is 14.4 Å². The predicted molar refractivity (Wildman–Crippen MR) is 95.5 cm³/mol. The van der Waals surface area contributed by atoms with Gasteiger partial charge in [-0.05, 0) is 29.7 Å². The van der Waals surface area contributed by atoms with Crippen LogP contribution in [-0.2, 0) is 14.3 Å². The Morgan fingerprint density at radius 1 is 1.22 bits per heavy atom. The molecule has 1 aliphatic heterocycles. The fraction of sp³-hybridized carbons (Fsp3) is 0.389. The summed E-state index contributed by atoms with van der Waals surface area (Å²) in [4.78, 5) is 34.8. The Morgan fingerprint density at radius 3 is 2.56 bits per heavy atom. The molecule has 3 N–H and O–H groups in total. The Labute approximate surface area is 156 Å². The van der Waals surface area contributed by atoms with Gasteiger partial charge in [-0.1, -0.05) is 13.8 Å². The number of rotatable bonds is 6. The van der Waals surface area contributed by atoms with E-state index in [0.717, 1.165) is 6.08 Å². The fourth-order valence-electron chi connectivity index (χ4n) is 2.40. The number of primary amides is 1.